The van der Waals surface area contributed by atoms with Crippen LogP contribution in [0.1, 0.15) is 34.7 Å². The number of aromatic hydroxyl groups is 1. The first-order valence-corrected chi connectivity index (χ1v) is 4.66. The van der Waals surface area contributed by atoms with E-state index in [0.717, 1.165) is 29.5 Å². The number of rotatable bonds is 0. The Hall–Kier alpha value is -1.53. The van der Waals surface area contributed by atoms with E-state index in [-0.39, 0.29) is 6.04 Å². The van der Waals surface area contributed by atoms with E-state index in [4.69, 9.17) is 11.0 Å². The van der Waals surface area contributed by atoms with E-state index in [2.05, 4.69) is 6.07 Å². The SMILES string of the molecule is Cc1cc(C#N)c2c(c1O)CCC2N. The first kappa shape index (κ1) is 9.04. The van der Waals surface area contributed by atoms with Crippen LogP contribution in [0.4, 0.5) is 0 Å². The number of phenolic OH excluding ortho intramolecular Hbond substituents is 1. The maximum absolute atomic E-state index is 9.79. The van der Waals surface area contributed by atoms with Gasteiger partial charge in [-0.1, -0.05) is 0 Å². The molecule has 1 aliphatic carbocycles. The molecule has 0 spiro atoms. The Morgan fingerprint density at radius 1 is 1.64 bits per heavy atom. The van der Waals surface area contributed by atoms with E-state index < -0.39 is 0 Å². The number of benzene rings is 1. The minimum atomic E-state index is -0.0915. The van der Waals surface area contributed by atoms with Crippen LogP contribution in [0, 0.1) is 18.3 Å². The molecule has 1 aliphatic rings. The third-order valence-corrected chi connectivity index (χ3v) is 2.83. The van der Waals surface area contributed by atoms with E-state index in [0.29, 0.717) is 11.3 Å². The number of hydrogen-bond acceptors (Lipinski definition) is 3. The van der Waals surface area contributed by atoms with Gasteiger partial charge in [-0.25, -0.2) is 0 Å². The molecule has 1 unspecified atom stereocenters. The van der Waals surface area contributed by atoms with Crippen molar-refractivity contribution in [1.29, 1.82) is 5.26 Å². The molecule has 1 atom stereocenters. The van der Waals surface area contributed by atoms with Crippen LogP contribution in [-0.2, 0) is 6.42 Å². The van der Waals surface area contributed by atoms with E-state index in [1.165, 1.54) is 0 Å². The number of hydrogen-bond donors (Lipinski definition) is 2. The molecule has 3 nitrogen and oxygen atoms in total. The summed E-state index contributed by atoms with van der Waals surface area (Å²) in [5.74, 6) is 0.312. The average Bonchev–Trinajstić information content (AvgIpc) is 2.55. The highest BCUT2D eigenvalue weighted by Gasteiger charge is 2.26. The summed E-state index contributed by atoms with van der Waals surface area (Å²) < 4.78 is 0. The molecule has 1 aromatic rings. The summed E-state index contributed by atoms with van der Waals surface area (Å²) in [7, 11) is 0. The molecule has 0 aromatic heterocycles. The van der Waals surface area contributed by atoms with Gasteiger partial charge < -0.3 is 10.8 Å². The lowest BCUT2D eigenvalue weighted by Gasteiger charge is -2.10. The van der Waals surface area contributed by atoms with Gasteiger partial charge >= 0.3 is 0 Å². The van der Waals surface area contributed by atoms with Gasteiger partial charge in [0, 0.05) is 11.6 Å². The lowest BCUT2D eigenvalue weighted by molar-refractivity contribution is 0.465. The fraction of sp³-hybridized carbons (Fsp3) is 0.364. The predicted octanol–water partition coefficient (Wildman–Crippen LogP) is 1.52. The Bertz CT molecular complexity index is 432. The third kappa shape index (κ3) is 1.08. The van der Waals surface area contributed by atoms with Crippen LogP contribution in [0.25, 0.3) is 0 Å². The van der Waals surface area contributed by atoms with Crippen molar-refractivity contribution >= 4 is 0 Å². The molecule has 1 aromatic carbocycles. The maximum Gasteiger partial charge on any atom is 0.122 e. The van der Waals surface area contributed by atoms with Crippen molar-refractivity contribution < 1.29 is 5.11 Å². The Labute approximate surface area is 82.8 Å². The molecule has 0 radical (unpaired) electrons. The number of nitrogens with zero attached hydrogens (tertiary/aromatic N) is 1. The smallest absolute Gasteiger partial charge is 0.122 e. The van der Waals surface area contributed by atoms with Gasteiger partial charge in [0.15, 0.2) is 0 Å². The molecule has 3 heteroatoms. The number of fused-ring (bicyclic) bond motifs is 1. The van der Waals surface area contributed by atoms with E-state index in [9.17, 15) is 5.11 Å². The van der Waals surface area contributed by atoms with Crippen molar-refractivity contribution in [2.75, 3.05) is 0 Å². The molecule has 0 saturated heterocycles. The summed E-state index contributed by atoms with van der Waals surface area (Å²) in [5, 5.41) is 18.7. The number of nitriles is 1. The van der Waals surface area contributed by atoms with Crippen LogP contribution in [0.3, 0.4) is 0 Å². The standard InChI is InChI=1S/C11H12N2O/c1-6-4-7(5-12)10-8(11(6)14)2-3-9(10)13/h4,9,14H,2-3,13H2,1H3. The molecule has 0 bridgehead atoms. The zero-order valence-corrected chi connectivity index (χ0v) is 8.04. The summed E-state index contributed by atoms with van der Waals surface area (Å²) in [6.07, 6.45) is 1.60. The van der Waals surface area contributed by atoms with Crippen LogP contribution >= 0.6 is 0 Å². The molecule has 14 heavy (non-hydrogen) atoms. The quantitative estimate of drug-likeness (QED) is 0.648. The normalized spacial score (nSPS) is 19.1. The molecule has 0 aliphatic heterocycles. The van der Waals surface area contributed by atoms with Crippen LogP contribution in [0.5, 0.6) is 5.75 Å². The topological polar surface area (TPSA) is 70.0 Å². The summed E-state index contributed by atoms with van der Waals surface area (Å²) in [5.41, 5.74) is 8.96. The molecule has 0 saturated carbocycles. The zero-order chi connectivity index (χ0) is 10.3. The van der Waals surface area contributed by atoms with Crippen molar-refractivity contribution in [3.8, 4) is 11.8 Å². The first-order valence-electron chi connectivity index (χ1n) is 4.66. The molecule has 0 heterocycles. The van der Waals surface area contributed by atoms with E-state index in [1.54, 1.807) is 13.0 Å². The van der Waals surface area contributed by atoms with Crippen LogP contribution in [0.2, 0.25) is 0 Å². The Kier molecular flexibility index (Phi) is 1.94. The summed E-state index contributed by atoms with van der Waals surface area (Å²) >= 11 is 0. The predicted molar refractivity (Wildman–Crippen MR) is 52.8 cm³/mol. The Morgan fingerprint density at radius 3 is 3.00 bits per heavy atom. The van der Waals surface area contributed by atoms with Gasteiger partial charge in [0.05, 0.1) is 11.6 Å². The van der Waals surface area contributed by atoms with Crippen molar-refractivity contribution in [3.05, 3.63) is 28.3 Å². The highest BCUT2D eigenvalue weighted by molar-refractivity contribution is 5.56. The lowest BCUT2D eigenvalue weighted by Crippen LogP contribution is -2.07. The summed E-state index contributed by atoms with van der Waals surface area (Å²) in [6, 6.07) is 3.75. The van der Waals surface area contributed by atoms with Crippen molar-refractivity contribution in [3.63, 3.8) is 0 Å². The molecule has 72 valence electrons. The molecule has 0 amide bonds. The maximum atomic E-state index is 9.79. The second kappa shape index (κ2) is 3.00. The lowest BCUT2D eigenvalue weighted by atomic mass is 9.98. The highest BCUT2D eigenvalue weighted by atomic mass is 16.3. The van der Waals surface area contributed by atoms with Gasteiger partial charge in [-0.15, -0.1) is 0 Å². The number of phenols is 1. The van der Waals surface area contributed by atoms with Gasteiger partial charge in [0.1, 0.15) is 5.75 Å². The van der Waals surface area contributed by atoms with Gasteiger partial charge in [-0.3, -0.25) is 0 Å². The Morgan fingerprint density at radius 2 is 2.36 bits per heavy atom. The van der Waals surface area contributed by atoms with Crippen molar-refractivity contribution in [1.82, 2.24) is 0 Å². The molecule has 2 rings (SSSR count). The van der Waals surface area contributed by atoms with Crippen LogP contribution < -0.4 is 5.73 Å². The number of nitrogens with two attached hydrogens (primary N) is 1. The summed E-state index contributed by atoms with van der Waals surface area (Å²) in [4.78, 5) is 0. The molecular formula is C11H12N2O. The fourth-order valence-electron chi connectivity index (χ4n) is 2.10. The average molecular weight is 188 g/mol. The summed E-state index contributed by atoms with van der Waals surface area (Å²) in [6.45, 7) is 1.81. The van der Waals surface area contributed by atoms with Crippen molar-refractivity contribution in [2.45, 2.75) is 25.8 Å². The Balaban J connectivity index is 2.74. The fourth-order valence-corrected chi connectivity index (χ4v) is 2.10. The van der Waals surface area contributed by atoms with Gasteiger partial charge in [-0.05, 0) is 37.0 Å². The minimum Gasteiger partial charge on any atom is -0.507 e. The number of aryl methyl sites for hydroxylation is 1. The van der Waals surface area contributed by atoms with Gasteiger partial charge in [0.2, 0.25) is 0 Å². The highest BCUT2D eigenvalue weighted by Crippen LogP contribution is 2.39. The van der Waals surface area contributed by atoms with Crippen molar-refractivity contribution in [2.24, 2.45) is 5.73 Å². The van der Waals surface area contributed by atoms with E-state index >= 15 is 0 Å². The van der Waals surface area contributed by atoms with E-state index in [1.807, 2.05) is 0 Å². The second-order valence-corrected chi connectivity index (χ2v) is 3.74. The van der Waals surface area contributed by atoms with Crippen LogP contribution in [0.15, 0.2) is 6.07 Å². The minimum absolute atomic E-state index is 0.0915. The second-order valence-electron chi connectivity index (χ2n) is 3.74. The van der Waals surface area contributed by atoms with Gasteiger partial charge in [-0.2, -0.15) is 5.26 Å². The van der Waals surface area contributed by atoms with Gasteiger partial charge in [0.25, 0.3) is 0 Å². The van der Waals surface area contributed by atoms with Crippen LogP contribution in [-0.4, -0.2) is 5.11 Å². The molecule has 0 fully saturated rings. The monoisotopic (exact) mass is 188 g/mol. The first-order chi connectivity index (χ1) is 6.65. The zero-order valence-electron chi connectivity index (χ0n) is 8.04. The molecule has 3 N–H and O–H groups in total. The largest absolute Gasteiger partial charge is 0.507 e. The third-order valence-electron chi connectivity index (χ3n) is 2.83. The molecular weight excluding hydrogens is 176 g/mol.